The molecule has 1 N–H and O–H groups in total. The smallest absolute Gasteiger partial charge is 0.347 e. The average molecular weight is 349 g/mol. The Kier molecular flexibility index (Phi) is 6.30. The second kappa shape index (κ2) is 8.86. The van der Waals surface area contributed by atoms with Gasteiger partial charge in [-0.15, -0.1) is 0 Å². The summed E-state index contributed by atoms with van der Waals surface area (Å²) < 4.78 is 10.3. The van der Waals surface area contributed by atoms with Crippen LogP contribution in [-0.4, -0.2) is 24.6 Å². The van der Waals surface area contributed by atoms with Gasteiger partial charge in [-0.05, 0) is 55.5 Å². The van der Waals surface area contributed by atoms with Crippen LogP contribution < -0.4 is 10.1 Å². The molecule has 0 aliphatic heterocycles. The van der Waals surface area contributed by atoms with E-state index in [-0.39, 0.29) is 0 Å². The van der Waals surface area contributed by atoms with E-state index in [1.54, 1.807) is 48.5 Å². The zero-order chi connectivity index (χ0) is 18.9. The van der Waals surface area contributed by atoms with Crippen molar-refractivity contribution in [3.8, 4) is 17.9 Å². The van der Waals surface area contributed by atoms with Crippen molar-refractivity contribution in [3.05, 3.63) is 59.7 Å². The van der Waals surface area contributed by atoms with Crippen molar-refractivity contribution in [2.45, 2.75) is 13.0 Å². The number of anilines is 1. The number of esters is 1. The number of carbonyl (C=O) groups excluding carboxylic acids is 2. The van der Waals surface area contributed by atoms with Crippen LogP contribution in [0, 0.1) is 22.7 Å². The zero-order valence-corrected chi connectivity index (χ0v) is 13.9. The van der Waals surface area contributed by atoms with Crippen LogP contribution in [0.2, 0.25) is 0 Å². The van der Waals surface area contributed by atoms with E-state index in [9.17, 15) is 9.59 Å². The molecule has 0 bridgehead atoms. The van der Waals surface area contributed by atoms with Gasteiger partial charge in [0.05, 0.1) is 23.3 Å². The maximum absolute atomic E-state index is 11.9. The molecule has 0 aliphatic rings. The summed E-state index contributed by atoms with van der Waals surface area (Å²) in [5.41, 5.74) is 1.45. The van der Waals surface area contributed by atoms with Crippen LogP contribution in [0.4, 0.5) is 5.69 Å². The van der Waals surface area contributed by atoms with Gasteiger partial charge in [-0.1, -0.05) is 0 Å². The van der Waals surface area contributed by atoms with Crippen LogP contribution in [0.15, 0.2) is 48.5 Å². The van der Waals surface area contributed by atoms with Gasteiger partial charge in [0.2, 0.25) is 0 Å². The van der Waals surface area contributed by atoms with Gasteiger partial charge in [0.25, 0.3) is 5.91 Å². The molecule has 0 spiro atoms. The number of nitrogens with zero attached hydrogens (tertiary/aromatic N) is 2. The molecule has 0 saturated carbocycles. The monoisotopic (exact) mass is 349 g/mol. The number of hydrogen-bond acceptors (Lipinski definition) is 6. The lowest BCUT2D eigenvalue weighted by Crippen LogP contribution is -2.29. The Balaban J connectivity index is 1.79. The molecule has 7 heteroatoms. The predicted octanol–water partition coefficient (Wildman–Crippen LogP) is 2.38. The molecule has 1 atom stereocenters. The van der Waals surface area contributed by atoms with Crippen LogP contribution in [0.1, 0.15) is 18.1 Å². The van der Waals surface area contributed by atoms with E-state index in [1.165, 1.54) is 6.92 Å². The molecule has 0 aromatic heterocycles. The molecule has 26 heavy (non-hydrogen) atoms. The predicted molar refractivity (Wildman–Crippen MR) is 92.0 cm³/mol. The van der Waals surface area contributed by atoms with E-state index in [4.69, 9.17) is 20.0 Å². The quantitative estimate of drug-likeness (QED) is 0.801. The van der Waals surface area contributed by atoms with Gasteiger partial charge in [-0.3, -0.25) is 4.79 Å². The van der Waals surface area contributed by atoms with Gasteiger partial charge in [0.1, 0.15) is 5.75 Å². The summed E-state index contributed by atoms with van der Waals surface area (Å²) >= 11 is 0. The van der Waals surface area contributed by atoms with Crippen molar-refractivity contribution in [3.63, 3.8) is 0 Å². The van der Waals surface area contributed by atoms with Crippen LogP contribution in [-0.2, 0) is 14.3 Å². The first-order valence-electron chi connectivity index (χ1n) is 7.65. The molecule has 130 valence electrons. The fourth-order valence-electron chi connectivity index (χ4n) is 1.94. The van der Waals surface area contributed by atoms with Gasteiger partial charge >= 0.3 is 5.97 Å². The molecule has 2 rings (SSSR count). The highest BCUT2D eigenvalue weighted by Crippen LogP contribution is 2.14. The number of rotatable bonds is 6. The molecule has 0 radical (unpaired) electrons. The Morgan fingerprint density at radius 3 is 2.08 bits per heavy atom. The van der Waals surface area contributed by atoms with Gasteiger partial charge in [-0.2, -0.15) is 10.5 Å². The molecule has 0 aliphatic carbocycles. The summed E-state index contributed by atoms with van der Waals surface area (Å²) in [5.74, 6) is -0.784. The lowest BCUT2D eigenvalue weighted by Gasteiger charge is -2.14. The summed E-state index contributed by atoms with van der Waals surface area (Å²) in [7, 11) is 0. The largest absolute Gasteiger partial charge is 0.479 e. The van der Waals surface area contributed by atoms with Crippen molar-refractivity contribution in [1.82, 2.24) is 0 Å². The summed E-state index contributed by atoms with van der Waals surface area (Å²) in [5, 5.41) is 20.0. The molecule has 0 fully saturated rings. The third-order valence-corrected chi connectivity index (χ3v) is 3.27. The van der Waals surface area contributed by atoms with Gasteiger partial charge in [0.15, 0.2) is 12.7 Å². The van der Waals surface area contributed by atoms with E-state index in [0.717, 1.165) is 0 Å². The van der Waals surface area contributed by atoms with Crippen molar-refractivity contribution < 1.29 is 19.1 Å². The maximum Gasteiger partial charge on any atom is 0.347 e. The molecule has 7 nitrogen and oxygen atoms in total. The molecule has 0 saturated heterocycles. The fraction of sp³-hybridized carbons (Fsp3) is 0.158. The topological polar surface area (TPSA) is 112 Å². The molecule has 2 aromatic rings. The minimum absolute atomic E-state index is 0.412. The van der Waals surface area contributed by atoms with E-state index in [2.05, 4.69) is 5.32 Å². The van der Waals surface area contributed by atoms with E-state index >= 15 is 0 Å². The first-order chi connectivity index (χ1) is 12.5. The number of nitriles is 2. The van der Waals surface area contributed by atoms with Crippen molar-refractivity contribution in [1.29, 1.82) is 10.5 Å². The molecule has 0 unspecified atom stereocenters. The first kappa shape index (κ1) is 18.5. The number of ether oxygens (including phenoxy) is 2. The number of nitrogens with one attached hydrogen (secondary N) is 1. The van der Waals surface area contributed by atoms with Crippen LogP contribution >= 0.6 is 0 Å². The highest BCUT2D eigenvalue weighted by Gasteiger charge is 2.18. The highest BCUT2D eigenvalue weighted by atomic mass is 16.6. The van der Waals surface area contributed by atoms with Gasteiger partial charge in [0, 0.05) is 5.69 Å². The third kappa shape index (κ3) is 5.36. The van der Waals surface area contributed by atoms with Crippen LogP contribution in [0.3, 0.4) is 0 Å². The van der Waals surface area contributed by atoms with Crippen LogP contribution in [0.25, 0.3) is 0 Å². The summed E-state index contributed by atoms with van der Waals surface area (Å²) in [6.45, 7) is 1.04. The lowest BCUT2D eigenvalue weighted by atomic mass is 10.2. The second-order valence-corrected chi connectivity index (χ2v) is 5.24. The summed E-state index contributed by atoms with van der Waals surface area (Å²) in [4.78, 5) is 23.7. The number of amides is 1. The lowest BCUT2D eigenvalue weighted by molar-refractivity contribution is -0.153. The van der Waals surface area contributed by atoms with Crippen molar-refractivity contribution in [2.24, 2.45) is 0 Å². The number of carbonyl (C=O) groups is 2. The van der Waals surface area contributed by atoms with Crippen molar-refractivity contribution in [2.75, 3.05) is 11.9 Å². The number of hydrogen-bond donors (Lipinski definition) is 1. The van der Waals surface area contributed by atoms with Crippen LogP contribution in [0.5, 0.6) is 5.75 Å². The Morgan fingerprint density at radius 1 is 1.00 bits per heavy atom. The Hall–Kier alpha value is -3.84. The highest BCUT2D eigenvalue weighted by molar-refractivity contribution is 5.93. The third-order valence-electron chi connectivity index (χ3n) is 3.27. The Bertz CT molecular complexity index is 862. The molecular formula is C19H15N3O4. The number of benzene rings is 2. The zero-order valence-electron chi connectivity index (χ0n) is 13.9. The molecular weight excluding hydrogens is 334 g/mol. The standard InChI is InChI=1S/C19H15N3O4/c1-13(26-17-8-4-15(11-21)5-9-17)19(24)25-12-18(23)22-16-6-2-14(10-20)3-7-16/h2-9,13H,12H2,1H3,(H,22,23)/t13-/m0/s1. The Labute approximate surface area is 150 Å². The molecule has 1 amide bonds. The SMILES string of the molecule is C[C@H](Oc1ccc(C#N)cc1)C(=O)OCC(=O)Nc1ccc(C#N)cc1. The summed E-state index contributed by atoms with van der Waals surface area (Å²) in [6, 6.07) is 16.5. The second-order valence-electron chi connectivity index (χ2n) is 5.24. The normalized spacial score (nSPS) is 10.7. The summed E-state index contributed by atoms with van der Waals surface area (Å²) in [6.07, 6.45) is -0.911. The Morgan fingerprint density at radius 2 is 1.54 bits per heavy atom. The fourth-order valence-corrected chi connectivity index (χ4v) is 1.94. The molecule has 0 heterocycles. The van der Waals surface area contributed by atoms with Gasteiger partial charge in [-0.25, -0.2) is 4.79 Å². The maximum atomic E-state index is 11.9. The average Bonchev–Trinajstić information content (AvgIpc) is 2.67. The van der Waals surface area contributed by atoms with Crippen molar-refractivity contribution >= 4 is 17.6 Å². The first-order valence-corrected chi connectivity index (χ1v) is 7.65. The van der Waals surface area contributed by atoms with E-state index in [1.807, 2.05) is 12.1 Å². The van der Waals surface area contributed by atoms with Gasteiger partial charge < -0.3 is 14.8 Å². The van der Waals surface area contributed by atoms with E-state index in [0.29, 0.717) is 22.6 Å². The molecule has 2 aromatic carbocycles. The van der Waals surface area contributed by atoms with E-state index < -0.39 is 24.6 Å². The minimum atomic E-state index is -0.911. The minimum Gasteiger partial charge on any atom is -0.479 e.